The predicted molar refractivity (Wildman–Crippen MR) is 92.4 cm³/mol. The Balaban J connectivity index is 1.89. The van der Waals surface area contributed by atoms with Gasteiger partial charge < -0.3 is 19.5 Å². The van der Waals surface area contributed by atoms with E-state index in [-0.39, 0.29) is 5.91 Å². The van der Waals surface area contributed by atoms with Crippen LogP contribution in [0.15, 0.2) is 60.4 Å². The molecule has 1 N–H and O–H groups in total. The van der Waals surface area contributed by atoms with Crippen LogP contribution >= 0.6 is 0 Å². The SMILES string of the molecule is COc1ccc(OC)c(NC(=O)C2=Cc3ccccc3OC=C2)c1. The van der Waals surface area contributed by atoms with E-state index in [0.29, 0.717) is 28.5 Å². The number of hydrogen-bond acceptors (Lipinski definition) is 4. The maximum atomic E-state index is 12.6. The van der Waals surface area contributed by atoms with Crippen LogP contribution in [-0.2, 0) is 4.79 Å². The van der Waals surface area contributed by atoms with Gasteiger partial charge in [0.1, 0.15) is 17.2 Å². The molecule has 1 amide bonds. The zero-order chi connectivity index (χ0) is 16.9. The number of fused-ring (bicyclic) bond motifs is 1. The van der Waals surface area contributed by atoms with Gasteiger partial charge in [0.2, 0.25) is 0 Å². The first-order chi connectivity index (χ1) is 11.7. The summed E-state index contributed by atoms with van der Waals surface area (Å²) in [5.41, 5.74) is 1.85. The first-order valence-electron chi connectivity index (χ1n) is 7.38. The number of methoxy groups -OCH3 is 2. The zero-order valence-electron chi connectivity index (χ0n) is 13.4. The summed E-state index contributed by atoms with van der Waals surface area (Å²) in [6.07, 6.45) is 4.91. The van der Waals surface area contributed by atoms with Crippen molar-refractivity contribution in [1.29, 1.82) is 0 Å². The molecular weight excluding hydrogens is 306 g/mol. The molecule has 0 unspecified atom stereocenters. The van der Waals surface area contributed by atoms with Gasteiger partial charge in [-0.3, -0.25) is 4.79 Å². The maximum absolute atomic E-state index is 12.6. The van der Waals surface area contributed by atoms with Crippen molar-refractivity contribution in [2.45, 2.75) is 0 Å². The highest BCUT2D eigenvalue weighted by molar-refractivity contribution is 6.09. The number of benzene rings is 2. The molecule has 0 bridgehead atoms. The third-order valence-electron chi connectivity index (χ3n) is 3.59. The summed E-state index contributed by atoms with van der Waals surface area (Å²) in [5.74, 6) is 1.62. The van der Waals surface area contributed by atoms with Crippen molar-refractivity contribution in [3.8, 4) is 17.2 Å². The molecule has 0 fully saturated rings. The van der Waals surface area contributed by atoms with Gasteiger partial charge in [0.05, 0.1) is 26.2 Å². The van der Waals surface area contributed by atoms with E-state index in [1.54, 1.807) is 44.6 Å². The fourth-order valence-corrected chi connectivity index (χ4v) is 2.35. The number of ether oxygens (including phenoxy) is 3. The summed E-state index contributed by atoms with van der Waals surface area (Å²) in [6.45, 7) is 0. The second kappa shape index (κ2) is 6.91. The van der Waals surface area contributed by atoms with Crippen molar-refractivity contribution in [1.82, 2.24) is 0 Å². The number of carbonyl (C=O) groups is 1. The quantitative estimate of drug-likeness (QED) is 0.933. The third kappa shape index (κ3) is 3.25. The molecule has 0 aliphatic carbocycles. The van der Waals surface area contributed by atoms with E-state index in [9.17, 15) is 4.79 Å². The minimum atomic E-state index is -0.266. The monoisotopic (exact) mass is 323 g/mol. The molecule has 0 saturated carbocycles. The number of anilines is 1. The minimum Gasteiger partial charge on any atom is -0.497 e. The van der Waals surface area contributed by atoms with Gasteiger partial charge in [-0.15, -0.1) is 0 Å². The number of para-hydroxylation sites is 1. The molecule has 2 aromatic rings. The van der Waals surface area contributed by atoms with Gasteiger partial charge in [-0.1, -0.05) is 18.2 Å². The Hall–Kier alpha value is -3.21. The second-order valence-corrected chi connectivity index (χ2v) is 5.08. The molecule has 1 heterocycles. The van der Waals surface area contributed by atoms with E-state index >= 15 is 0 Å². The number of carbonyl (C=O) groups excluding carboxylic acids is 1. The number of nitrogens with one attached hydrogen (secondary N) is 1. The van der Waals surface area contributed by atoms with Gasteiger partial charge in [0.15, 0.2) is 0 Å². The van der Waals surface area contributed by atoms with Gasteiger partial charge in [0, 0.05) is 17.2 Å². The summed E-state index contributed by atoms with van der Waals surface area (Å²) in [6, 6.07) is 12.7. The molecular formula is C19H17NO4. The Morgan fingerprint density at radius 2 is 1.92 bits per heavy atom. The van der Waals surface area contributed by atoms with Crippen LogP contribution in [0.25, 0.3) is 6.08 Å². The zero-order valence-corrected chi connectivity index (χ0v) is 13.4. The van der Waals surface area contributed by atoms with Crippen molar-refractivity contribution in [2.24, 2.45) is 0 Å². The first-order valence-corrected chi connectivity index (χ1v) is 7.38. The fraction of sp³-hybridized carbons (Fsp3) is 0.105. The van der Waals surface area contributed by atoms with Crippen LogP contribution in [0.5, 0.6) is 17.2 Å². The van der Waals surface area contributed by atoms with E-state index in [1.165, 1.54) is 6.26 Å². The Morgan fingerprint density at radius 1 is 1.08 bits per heavy atom. The highest BCUT2D eigenvalue weighted by Crippen LogP contribution is 2.30. The van der Waals surface area contributed by atoms with Crippen molar-refractivity contribution >= 4 is 17.7 Å². The number of rotatable bonds is 4. The average molecular weight is 323 g/mol. The standard InChI is InChI=1S/C19H17NO4/c1-22-15-7-8-18(23-2)16(12-15)20-19(21)14-9-10-24-17-6-4-3-5-13(17)11-14/h3-12H,1-2H3,(H,20,21). The molecule has 5 heteroatoms. The van der Waals surface area contributed by atoms with Crippen LogP contribution in [0.2, 0.25) is 0 Å². The first kappa shape index (κ1) is 15.7. The average Bonchev–Trinajstić information content (AvgIpc) is 2.84. The Morgan fingerprint density at radius 3 is 2.71 bits per heavy atom. The lowest BCUT2D eigenvalue weighted by Crippen LogP contribution is -2.14. The fourth-order valence-electron chi connectivity index (χ4n) is 2.35. The Labute approximate surface area is 140 Å². The van der Waals surface area contributed by atoms with Crippen LogP contribution in [0.3, 0.4) is 0 Å². The summed E-state index contributed by atoms with van der Waals surface area (Å²) < 4.78 is 16.0. The van der Waals surface area contributed by atoms with E-state index in [2.05, 4.69) is 5.32 Å². The smallest absolute Gasteiger partial charge is 0.255 e. The highest BCUT2D eigenvalue weighted by atomic mass is 16.5. The summed E-state index contributed by atoms with van der Waals surface area (Å²) in [4.78, 5) is 12.6. The largest absolute Gasteiger partial charge is 0.497 e. The van der Waals surface area contributed by atoms with Crippen molar-refractivity contribution in [3.63, 3.8) is 0 Å². The Bertz CT molecular complexity index is 824. The molecule has 0 spiro atoms. The molecule has 1 aliphatic heterocycles. The van der Waals surface area contributed by atoms with Crippen LogP contribution in [0, 0.1) is 0 Å². The second-order valence-electron chi connectivity index (χ2n) is 5.08. The van der Waals surface area contributed by atoms with E-state index in [0.717, 1.165) is 5.56 Å². The van der Waals surface area contributed by atoms with Crippen LogP contribution < -0.4 is 19.5 Å². The maximum Gasteiger partial charge on any atom is 0.255 e. The van der Waals surface area contributed by atoms with Crippen molar-refractivity contribution < 1.29 is 19.0 Å². The molecule has 0 radical (unpaired) electrons. The van der Waals surface area contributed by atoms with Crippen molar-refractivity contribution in [3.05, 3.63) is 65.9 Å². The third-order valence-corrected chi connectivity index (χ3v) is 3.59. The summed E-state index contributed by atoms with van der Waals surface area (Å²) in [5, 5.41) is 2.85. The molecule has 1 aliphatic rings. The molecule has 122 valence electrons. The molecule has 0 saturated heterocycles. The van der Waals surface area contributed by atoms with Crippen molar-refractivity contribution in [2.75, 3.05) is 19.5 Å². The van der Waals surface area contributed by atoms with Crippen LogP contribution in [-0.4, -0.2) is 20.1 Å². The summed E-state index contributed by atoms with van der Waals surface area (Å²) in [7, 11) is 3.12. The molecule has 0 aromatic heterocycles. The molecule has 0 atom stereocenters. The Kier molecular flexibility index (Phi) is 4.52. The molecule has 24 heavy (non-hydrogen) atoms. The van der Waals surface area contributed by atoms with Gasteiger partial charge in [0.25, 0.3) is 5.91 Å². The number of amides is 1. The minimum absolute atomic E-state index is 0.266. The topological polar surface area (TPSA) is 56.8 Å². The van der Waals surface area contributed by atoms with Gasteiger partial charge in [-0.2, -0.15) is 0 Å². The molecule has 5 nitrogen and oxygen atoms in total. The summed E-state index contributed by atoms with van der Waals surface area (Å²) >= 11 is 0. The lowest BCUT2D eigenvalue weighted by molar-refractivity contribution is -0.112. The van der Waals surface area contributed by atoms with Gasteiger partial charge in [-0.25, -0.2) is 0 Å². The normalized spacial score (nSPS) is 12.3. The van der Waals surface area contributed by atoms with E-state index < -0.39 is 0 Å². The van der Waals surface area contributed by atoms with Gasteiger partial charge in [-0.05, 0) is 30.4 Å². The lowest BCUT2D eigenvalue weighted by Gasteiger charge is -2.12. The highest BCUT2D eigenvalue weighted by Gasteiger charge is 2.14. The number of hydrogen-bond donors (Lipinski definition) is 1. The van der Waals surface area contributed by atoms with Crippen LogP contribution in [0.4, 0.5) is 5.69 Å². The van der Waals surface area contributed by atoms with E-state index in [1.807, 2.05) is 24.3 Å². The predicted octanol–water partition coefficient (Wildman–Crippen LogP) is 3.63. The van der Waals surface area contributed by atoms with Gasteiger partial charge >= 0.3 is 0 Å². The molecule has 2 aromatic carbocycles. The van der Waals surface area contributed by atoms with E-state index in [4.69, 9.17) is 14.2 Å². The van der Waals surface area contributed by atoms with Crippen LogP contribution in [0.1, 0.15) is 5.56 Å². The molecule has 3 rings (SSSR count). The lowest BCUT2D eigenvalue weighted by atomic mass is 10.1.